The van der Waals surface area contributed by atoms with Crippen molar-refractivity contribution in [1.29, 1.82) is 0 Å². The van der Waals surface area contributed by atoms with Gasteiger partial charge in [0.05, 0.1) is 20.1 Å². The highest BCUT2D eigenvalue weighted by atomic mass is 33.1. The van der Waals surface area contributed by atoms with Crippen LogP contribution in [0.15, 0.2) is 0 Å². The van der Waals surface area contributed by atoms with Crippen LogP contribution in [0.4, 0.5) is 0 Å². The second kappa shape index (κ2) is 10.5. The average molecular weight is 295 g/mol. The van der Waals surface area contributed by atoms with Gasteiger partial charge < -0.3 is 14.8 Å². The summed E-state index contributed by atoms with van der Waals surface area (Å²) in [4.78, 5) is 22.7. The Morgan fingerprint density at radius 1 is 1.11 bits per heavy atom. The summed E-state index contributed by atoms with van der Waals surface area (Å²) in [5, 5.41) is 2.89. The summed E-state index contributed by atoms with van der Waals surface area (Å²) < 4.78 is 9.37. The van der Waals surface area contributed by atoms with Gasteiger partial charge in [0.2, 0.25) is 0 Å². The van der Waals surface area contributed by atoms with Gasteiger partial charge >= 0.3 is 11.9 Å². The fourth-order valence-corrected chi connectivity index (χ4v) is 3.82. The summed E-state index contributed by atoms with van der Waals surface area (Å²) in [6.45, 7) is 1.96. The lowest BCUT2D eigenvalue weighted by molar-refractivity contribution is -0.144. The minimum absolute atomic E-state index is 0.0846. The maximum absolute atomic E-state index is 11.4. The number of hydrogen-bond donors (Lipinski definition) is 1. The van der Waals surface area contributed by atoms with E-state index in [1.165, 1.54) is 14.2 Å². The smallest absolute Gasteiger partial charge is 0.323 e. The number of esters is 2. The number of carbonyl (C=O) groups is 2. The van der Waals surface area contributed by atoms with Gasteiger partial charge in [0.1, 0.15) is 6.04 Å². The van der Waals surface area contributed by atoms with E-state index in [0.29, 0.717) is 11.5 Å². The monoisotopic (exact) mass is 295 g/mol. The first kappa shape index (κ1) is 17.6. The Kier molecular flexibility index (Phi) is 10.3. The van der Waals surface area contributed by atoms with Gasteiger partial charge in [0, 0.05) is 11.5 Å². The second-order valence-electron chi connectivity index (χ2n) is 3.56. The predicted molar refractivity (Wildman–Crippen MR) is 75.6 cm³/mol. The van der Waals surface area contributed by atoms with Crippen LogP contribution in [0.3, 0.4) is 0 Å². The number of carbonyl (C=O) groups excluding carboxylic acids is 2. The van der Waals surface area contributed by atoms with E-state index in [-0.39, 0.29) is 23.9 Å². The van der Waals surface area contributed by atoms with E-state index < -0.39 is 0 Å². The van der Waals surface area contributed by atoms with Crippen LogP contribution in [0.25, 0.3) is 0 Å². The van der Waals surface area contributed by atoms with Gasteiger partial charge in [-0.15, -0.1) is 0 Å². The molecule has 0 saturated heterocycles. The maximum Gasteiger partial charge on any atom is 0.323 e. The maximum atomic E-state index is 11.4. The summed E-state index contributed by atoms with van der Waals surface area (Å²) in [5.74, 6) is 0.754. The number of nitrogens with one attached hydrogen (secondary N) is 1. The van der Waals surface area contributed by atoms with E-state index in [1.54, 1.807) is 28.6 Å². The Morgan fingerprint density at radius 3 is 2.11 bits per heavy atom. The van der Waals surface area contributed by atoms with Crippen LogP contribution in [0.5, 0.6) is 0 Å². The largest absolute Gasteiger partial charge is 0.469 e. The third kappa shape index (κ3) is 6.51. The third-order valence-corrected chi connectivity index (χ3v) is 4.94. The SMILES string of the molecule is CCC(CSSCC(NC)C(=O)OC)C(=O)OC. The molecular weight excluding hydrogens is 274 g/mol. The minimum atomic E-state index is -0.314. The van der Waals surface area contributed by atoms with Crippen molar-refractivity contribution in [2.24, 2.45) is 5.92 Å². The first-order valence-corrected chi connectivity index (χ1v) is 8.16. The van der Waals surface area contributed by atoms with Crippen LogP contribution in [0, 0.1) is 5.92 Å². The molecule has 18 heavy (non-hydrogen) atoms. The molecule has 0 aromatic rings. The molecule has 0 aromatic carbocycles. The van der Waals surface area contributed by atoms with Crippen LogP contribution in [-0.4, -0.2) is 50.8 Å². The summed E-state index contributed by atoms with van der Waals surface area (Å²) in [5.41, 5.74) is 0. The fraction of sp³-hybridized carbons (Fsp3) is 0.818. The highest BCUT2D eigenvalue weighted by molar-refractivity contribution is 8.76. The quantitative estimate of drug-likeness (QED) is 0.391. The van der Waals surface area contributed by atoms with E-state index in [1.807, 2.05) is 6.92 Å². The van der Waals surface area contributed by atoms with Gasteiger partial charge in [0.25, 0.3) is 0 Å². The lowest BCUT2D eigenvalue weighted by Crippen LogP contribution is -2.36. The van der Waals surface area contributed by atoms with Crippen molar-refractivity contribution in [2.75, 3.05) is 32.8 Å². The van der Waals surface area contributed by atoms with Crippen molar-refractivity contribution < 1.29 is 19.1 Å². The van der Waals surface area contributed by atoms with Gasteiger partial charge in [-0.2, -0.15) is 0 Å². The van der Waals surface area contributed by atoms with Gasteiger partial charge in [-0.1, -0.05) is 28.5 Å². The number of hydrogen-bond acceptors (Lipinski definition) is 7. The standard InChI is InChI=1S/C11H21NO4S2/c1-5-8(10(13)15-3)6-17-18-7-9(12-2)11(14)16-4/h8-9,12H,5-7H2,1-4H3. The number of ether oxygens (including phenoxy) is 2. The summed E-state index contributed by atoms with van der Waals surface area (Å²) in [6, 6.07) is -0.314. The van der Waals surface area contributed by atoms with Crippen LogP contribution in [0.2, 0.25) is 0 Å². The van der Waals surface area contributed by atoms with Gasteiger partial charge in [0.15, 0.2) is 0 Å². The number of rotatable bonds is 9. The Bertz CT molecular complexity index is 237. The van der Waals surface area contributed by atoms with Crippen molar-refractivity contribution >= 4 is 33.5 Å². The molecule has 5 nitrogen and oxygen atoms in total. The molecule has 0 aliphatic carbocycles. The molecule has 0 aliphatic heterocycles. The predicted octanol–water partition coefficient (Wildman–Crippen LogP) is 1.33. The zero-order chi connectivity index (χ0) is 14.0. The normalized spacial score (nSPS) is 13.8. The van der Waals surface area contributed by atoms with Crippen molar-refractivity contribution in [3.8, 4) is 0 Å². The molecule has 0 spiro atoms. The molecular formula is C11H21NO4S2. The summed E-state index contributed by atoms with van der Waals surface area (Å²) >= 11 is 0. The van der Waals surface area contributed by atoms with Crippen LogP contribution in [0.1, 0.15) is 13.3 Å². The Hall–Kier alpha value is -0.400. The van der Waals surface area contributed by atoms with Crippen molar-refractivity contribution in [2.45, 2.75) is 19.4 Å². The Labute approximate surface area is 116 Å². The molecule has 0 saturated carbocycles. The molecule has 2 unspecified atom stereocenters. The van der Waals surface area contributed by atoms with E-state index in [9.17, 15) is 9.59 Å². The third-order valence-electron chi connectivity index (χ3n) is 2.45. The molecule has 0 heterocycles. The zero-order valence-electron chi connectivity index (χ0n) is 11.2. The number of likely N-dealkylation sites (N-methyl/N-ethyl adjacent to an activating group) is 1. The molecule has 7 heteroatoms. The average Bonchev–Trinajstić information content (AvgIpc) is 2.41. The molecule has 1 N–H and O–H groups in total. The molecule has 0 aromatic heterocycles. The first-order chi connectivity index (χ1) is 8.60. The molecule has 106 valence electrons. The number of methoxy groups -OCH3 is 2. The van der Waals surface area contributed by atoms with E-state index >= 15 is 0 Å². The van der Waals surface area contributed by atoms with Crippen LogP contribution >= 0.6 is 21.6 Å². The van der Waals surface area contributed by atoms with Gasteiger partial charge in [-0.05, 0) is 13.5 Å². The molecule has 0 aliphatic rings. The lowest BCUT2D eigenvalue weighted by atomic mass is 10.1. The molecule has 0 radical (unpaired) electrons. The van der Waals surface area contributed by atoms with Gasteiger partial charge in [-0.3, -0.25) is 9.59 Å². The van der Waals surface area contributed by atoms with E-state index in [4.69, 9.17) is 4.74 Å². The summed E-state index contributed by atoms with van der Waals surface area (Å²) in [6.07, 6.45) is 0.757. The van der Waals surface area contributed by atoms with Crippen molar-refractivity contribution in [3.63, 3.8) is 0 Å². The highest BCUT2D eigenvalue weighted by Gasteiger charge is 2.19. The zero-order valence-corrected chi connectivity index (χ0v) is 12.9. The molecule has 2 atom stereocenters. The second-order valence-corrected chi connectivity index (χ2v) is 6.11. The van der Waals surface area contributed by atoms with E-state index in [0.717, 1.165) is 6.42 Å². The molecule has 0 fully saturated rings. The first-order valence-electron chi connectivity index (χ1n) is 5.67. The van der Waals surface area contributed by atoms with Crippen molar-refractivity contribution in [1.82, 2.24) is 5.32 Å². The fourth-order valence-electron chi connectivity index (χ4n) is 1.18. The van der Waals surface area contributed by atoms with Crippen LogP contribution in [-0.2, 0) is 19.1 Å². The minimum Gasteiger partial charge on any atom is -0.469 e. The van der Waals surface area contributed by atoms with E-state index in [2.05, 4.69) is 10.1 Å². The molecule has 0 amide bonds. The van der Waals surface area contributed by atoms with Gasteiger partial charge in [-0.25, -0.2) is 0 Å². The van der Waals surface area contributed by atoms with Crippen molar-refractivity contribution in [3.05, 3.63) is 0 Å². The highest BCUT2D eigenvalue weighted by Crippen LogP contribution is 2.26. The Balaban J connectivity index is 3.89. The molecule has 0 bridgehead atoms. The Morgan fingerprint density at radius 2 is 1.67 bits per heavy atom. The topological polar surface area (TPSA) is 64.6 Å². The van der Waals surface area contributed by atoms with Crippen LogP contribution < -0.4 is 5.32 Å². The summed E-state index contributed by atoms with van der Waals surface area (Å²) in [7, 11) is 7.60. The lowest BCUT2D eigenvalue weighted by Gasteiger charge is -2.14. The molecule has 0 rings (SSSR count).